The number of aliphatic hydroxyl groups is 1. The van der Waals surface area contributed by atoms with Crippen molar-refractivity contribution in [3.05, 3.63) is 60.0 Å². The highest BCUT2D eigenvalue weighted by atomic mass is 35.5. The quantitative estimate of drug-likeness (QED) is 0.232. The number of amides is 1. The number of H-pyrrole nitrogens is 1. The van der Waals surface area contributed by atoms with Gasteiger partial charge in [0, 0.05) is 73.2 Å². The molecule has 2 atom stereocenters. The minimum atomic E-state index is -0.157. The third-order valence-electron chi connectivity index (χ3n) is 8.71. The maximum Gasteiger partial charge on any atom is 0.267 e. The van der Waals surface area contributed by atoms with Crippen LogP contribution in [-0.4, -0.2) is 84.3 Å². The number of aromatic amines is 1. The molecule has 234 valence electrons. The molecule has 4 heterocycles. The average molecular weight is 634 g/mol. The SMILES string of the molecule is COc1ccc2c(COc3cccc4[nH]c(C(=O)NC5CCN(CCN6CC[C@H](O)[C@@H](C)C6)CC5)cc34)coc2c1.Cl.Cl. The molecule has 2 aromatic carbocycles. The maximum atomic E-state index is 13.2. The number of carbonyl (C=O) groups is 1. The Hall–Kier alpha value is -2.95. The summed E-state index contributed by atoms with van der Waals surface area (Å²) in [5, 5.41) is 15.1. The number of methoxy groups -OCH3 is 1. The highest BCUT2D eigenvalue weighted by Gasteiger charge is 2.26. The lowest BCUT2D eigenvalue weighted by Gasteiger charge is -2.37. The van der Waals surface area contributed by atoms with E-state index in [-0.39, 0.29) is 42.9 Å². The summed E-state index contributed by atoms with van der Waals surface area (Å²) in [5.41, 5.74) is 3.11. The molecule has 0 spiro atoms. The number of likely N-dealkylation sites (tertiary alicyclic amines) is 2. The Kier molecular flexibility index (Phi) is 11.3. The van der Waals surface area contributed by atoms with Crippen molar-refractivity contribution in [1.29, 1.82) is 0 Å². The Morgan fingerprint density at radius 3 is 2.58 bits per heavy atom. The van der Waals surface area contributed by atoms with E-state index in [4.69, 9.17) is 13.9 Å². The molecule has 0 saturated carbocycles. The summed E-state index contributed by atoms with van der Waals surface area (Å²) in [6.07, 6.45) is 4.31. The van der Waals surface area contributed by atoms with Crippen LogP contribution in [0.15, 0.2) is 53.1 Å². The van der Waals surface area contributed by atoms with Crippen LogP contribution in [0.4, 0.5) is 0 Å². The average Bonchev–Trinajstić information content (AvgIpc) is 3.62. The summed E-state index contributed by atoms with van der Waals surface area (Å²) >= 11 is 0. The second-order valence-corrected chi connectivity index (χ2v) is 11.5. The Bertz CT molecular complexity index is 1500. The first-order chi connectivity index (χ1) is 20.0. The molecule has 2 aromatic heterocycles. The predicted octanol–water partition coefficient (Wildman–Crippen LogP) is 5.24. The van der Waals surface area contributed by atoms with Gasteiger partial charge in [-0.2, -0.15) is 0 Å². The smallest absolute Gasteiger partial charge is 0.267 e. The van der Waals surface area contributed by atoms with E-state index in [1.54, 1.807) is 13.4 Å². The number of aromatic nitrogens is 1. The second kappa shape index (κ2) is 14.7. The summed E-state index contributed by atoms with van der Waals surface area (Å²) in [4.78, 5) is 21.4. The number of benzene rings is 2. The van der Waals surface area contributed by atoms with Crippen molar-refractivity contribution in [2.75, 3.05) is 46.4 Å². The Morgan fingerprint density at radius 1 is 1.05 bits per heavy atom. The van der Waals surface area contributed by atoms with Crippen molar-refractivity contribution in [2.45, 2.75) is 44.9 Å². The molecule has 43 heavy (non-hydrogen) atoms. The minimum Gasteiger partial charge on any atom is -0.497 e. The largest absolute Gasteiger partial charge is 0.497 e. The first-order valence-corrected chi connectivity index (χ1v) is 14.7. The number of carbonyl (C=O) groups excluding carboxylic acids is 1. The van der Waals surface area contributed by atoms with Crippen LogP contribution in [0.25, 0.3) is 21.9 Å². The van der Waals surface area contributed by atoms with Crippen LogP contribution in [0.5, 0.6) is 11.5 Å². The maximum absolute atomic E-state index is 13.2. The van der Waals surface area contributed by atoms with Gasteiger partial charge in [0.05, 0.1) is 19.5 Å². The fourth-order valence-electron chi connectivity index (χ4n) is 6.10. The van der Waals surface area contributed by atoms with Crippen molar-refractivity contribution in [3.8, 4) is 11.5 Å². The molecule has 2 fully saturated rings. The van der Waals surface area contributed by atoms with Gasteiger partial charge in [-0.25, -0.2) is 0 Å². The van der Waals surface area contributed by atoms with Crippen LogP contribution in [0.3, 0.4) is 0 Å². The van der Waals surface area contributed by atoms with E-state index in [0.717, 1.165) is 91.7 Å². The number of rotatable bonds is 9. The topological polar surface area (TPSA) is 103 Å². The van der Waals surface area contributed by atoms with Gasteiger partial charge in [-0.05, 0) is 55.5 Å². The van der Waals surface area contributed by atoms with Gasteiger partial charge in [-0.3, -0.25) is 4.79 Å². The van der Waals surface area contributed by atoms with Gasteiger partial charge < -0.3 is 39.1 Å². The first kappa shape index (κ1) is 33.0. The van der Waals surface area contributed by atoms with E-state index in [2.05, 4.69) is 27.0 Å². The summed E-state index contributed by atoms with van der Waals surface area (Å²) in [7, 11) is 1.63. The zero-order chi connectivity index (χ0) is 28.3. The molecule has 0 bridgehead atoms. The molecule has 4 aromatic rings. The fourth-order valence-corrected chi connectivity index (χ4v) is 6.10. The fraction of sp³-hybridized carbons (Fsp3) is 0.469. The highest BCUT2D eigenvalue weighted by molar-refractivity contribution is 5.99. The van der Waals surface area contributed by atoms with Crippen molar-refractivity contribution in [3.63, 3.8) is 0 Å². The summed E-state index contributed by atoms with van der Waals surface area (Å²) < 4.78 is 17.2. The number of hydrogen-bond donors (Lipinski definition) is 3. The van der Waals surface area contributed by atoms with Gasteiger partial charge in [0.15, 0.2) is 0 Å². The molecule has 3 N–H and O–H groups in total. The zero-order valence-corrected chi connectivity index (χ0v) is 26.3. The van der Waals surface area contributed by atoms with E-state index in [1.165, 1.54) is 0 Å². The normalized spacial score (nSPS) is 20.0. The van der Waals surface area contributed by atoms with Crippen LogP contribution in [0.2, 0.25) is 0 Å². The number of furan rings is 1. The van der Waals surface area contributed by atoms with E-state index < -0.39 is 0 Å². The third kappa shape index (κ3) is 7.59. The van der Waals surface area contributed by atoms with Crippen molar-refractivity contribution in [1.82, 2.24) is 20.1 Å². The van der Waals surface area contributed by atoms with Crippen molar-refractivity contribution in [2.24, 2.45) is 5.92 Å². The van der Waals surface area contributed by atoms with E-state index in [0.29, 0.717) is 24.0 Å². The molecule has 0 radical (unpaired) electrons. The summed E-state index contributed by atoms with van der Waals surface area (Å²) in [5.74, 6) is 1.73. The number of hydrogen-bond acceptors (Lipinski definition) is 7. The van der Waals surface area contributed by atoms with Gasteiger partial charge in [0.1, 0.15) is 29.4 Å². The molecule has 2 aliphatic rings. The summed E-state index contributed by atoms with van der Waals surface area (Å²) in [6.45, 7) is 8.48. The van der Waals surface area contributed by atoms with E-state index >= 15 is 0 Å². The van der Waals surface area contributed by atoms with Crippen LogP contribution < -0.4 is 14.8 Å². The molecule has 1 amide bonds. The lowest BCUT2D eigenvalue weighted by atomic mass is 9.97. The van der Waals surface area contributed by atoms with Crippen LogP contribution >= 0.6 is 24.8 Å². The van der Waals surface area contributed by atoms with Crippen molar-refractivity contribution >= 4 is 52.6 Å². The van der Waals surface area contributed by atoms with Crippen LogP contribution in [0.1, 0.15) is 42.2 Å². The Morgan fingerprint density at radius 2 is 1.81 bits per heavy atom. The molecule has 0 aliphatic carbocycles. The predicted molar refractivity (Wildman–Crippen MR) is 173 cm³/mol. The third-order valence-corrected chi connectivity index (χ3v) is 8.71. The Balaban J connectivity index is 0.00000212. The molecule has 2 saturated heterocycles. The van der Waals surface area contributed by atoms with E-state index in [1.807, 2.05) is 42.5 Å². The summed E-state index contributed by atoms with van der Waals surface area (Å²) in [6, 6.07) is 13.6. The van der Waals surface area contributed by atoms with Gasteiger partial charge in [-0.1, -0.05) is 13.0 Å². The number of halogens is 2. The number of ether oxygens (including phenoxy) is 2. The number of piperidine rings is 2. The monoisotopic (exact) mass is 632 g/mol. The Labute approximate surface area is 264 Å². The molecule has 2 aliphatic heterocycles. The highest BCUT2D eigenvalue weighted by Crippen LogP contribution is 2.30. The van der Waals surface area contributed by atoms with Crippen LogP contribution in [0, 0.1) is 5.92 Å². The van der Waals surface area contributed by atoms with Gasteiger partial charge in [-0.15, -0.1) is 24.8 Å². The number of fused-ring (bicyclic) bond motifs is 2. The zero-order valence-electron chi connectivity index (χ0n) is 24.7. The number of nitrogens with one attached hydrogen (secondary N) is 2. The lowest BCUT2D eigenvalue weighted by Crippen LogP contribution is -2.48. The molecule has 6 rings (SSSR count). The standard InChI is InChI=1S/C32H40N4O5.2ClH/c1-21-18-36(13-10-29(21)37)15-14-35-11-8-23(9-12-35)33-32(38)28-17-26-27(34-28)4-3-5-30(26)40-19-22-20-41-31-16-24(39-2)6-7-25(22)31;;/h3-7,16-17,20-21,23,29,34,37H,8-15,18-19H2,1-2H3,(H,33,38);2*1H/t21-,29-;;/m0../s1. The van der Waals surface area contributed by atoms with Gasteiger partial charge in [0.2, 0.25) is 0 Å². The number of nitrogens with zero attached hydrogens (tertiary/aromatic N) is 2. The van der Waals surface area contributed by atoms with Gasteiger partial charge in [0.25, 0.3) is 5.91 Å². The first-order valence-electron chi connectivity index (χ1n) is 14.7. The lowest BCUT2D eigenvalue weighted by molar-refractivity contribution is 0.0301. The van der Waals surface area contributed by atoms with E-state index in [9.17, 15) is 9.90 Å². The molecular weight excluding hydrogens is 591 g/mol. The van der Waals surface area contributed by atoms with Crippen LogP contribution in [-0.2, 0) is 6.61 Å². The van der Waals surface area contributed by atoms with Gasteiger partial charge >= 0.3 is 0 Å². The number of aliphatic hydroxyl groups excluding tert-OH is 1. The molecule has 0 unspecified atom stereocenters. The second-order valence-electron chi connectivity index (χ2n) is 11.5. The minimum absolute atomic E-state index is 0. The van der Waals surface area contributed by atoms with Crippen molar-refractivity contribution < 1.29 is 23.8 Å². The molecule has 9 nitrogen and oxygen atoms in total. The molecular formula is C32H42Cl2N4O5. The molecule has 11 heteroatoms.